The summed E-state index contributed by atoms with van der Waals surface area (Å²) in [5.74, 6) is 0.0931. The molecule has 4 rings (SSSR count). The van der Waals surface area contributed by atoms with Crippen molar-refractivity contribution in [3.05, 3.63) is 113 Å². The Balaban J connectivity index is 1.62. The average Bonchev–Trinajstić information content (AvgIpc) is 2.89. The van der Waals surface area contributed by atoms with Crippen LogP contribution in [0, 0.1) is 0 Å². The summed E-state index contributed by atoms with van der Waals surface area (Å²) in [6.07, 6.45) is 0.376. The number of hydrogen-bond acceptors (Lipinski definition) is 3. The van der Waals surface area contributed by atoms with E-state index in [1.807, 2.05) is 84.9 Å². The zero-order chi connectivity index (χ0) is 24.6. The van der Waals surface area contributed by atoms with Crippen LogP contribution in [-0.4, -0.2) is 36.4 Å². The Labute approximate surface area is 210 Å². The van der Waals surface area contributed by atoms with E-state index in [9.17, 15) is 9.59 Å². The number of nitrogens with zero attached hydrogens (tertiary/aromatic N) is 1. The fourth-order valence-corrected chi connectivity index (χ4v) is 4.31. The topological polar surface area (TPSA) is 58.6 Å². The van der Waals surface area contributed by atoms with Gasteiger partial charge in [0, 0.05) is 30.4 Å². The van der Waals surface area contributed by atoms with Crippen molar-refractivity contribution in [1.82, 2.24) is 10.2 Å². The van der Waals surface area contributed by atoms with E-state index in [2.05, 4.69) is 5.32 Å². The van der Waals surface area contributed by atoms with E-state index < -0.39 is 6.04 Å². The molecule has 178 valence electrons. The second-order valence-electron chi connectivity index (χ2n) is 8.24. The molecule has 35 heavy (non-hydrogen) atoms. The van der Waals surface area contributed by atoms with Gasteiger partial charge in [-0.1, -0.05) is 90.5 Å². The van der Waals surface area contributed by atoms with Gasteiger partial charge in [-0.05, 0) is 34.7 Å². The van der Waals surface area contributed by atoms with Gasteiger partial charge in [0.25, 0.3) is 5.91 Å². The Hall–Kier alpha value is -3.83. The quantitative estimate of drug-likeness (QED) is 0.351. The number of carbonyl (C=O) groups is 2. The highest BCUT2D eigenvalue weighted by Crippen LogP contribution is 2.25. The molecule has 2 amide bonds. The number of nitrogens with one attached hydrogen (secondary N) is 1. The minimum atomic E-state index is -0.718. The minimum Gasteiger partial charge on any atom is -0.483 e. The lowest BCUT2D eigenvalue weighted by molar-refractivity contribution is -0.142. The summed E-state index contributed by atoms with van der Waals surface area (Å²) in [6.45, 7) is 0.0278. The summed E-state index contributed by atoms with van der Waals surface area (Å²) < 4.78 is 5.99. The van der Waals surface area contributed by atoms with E-state index >= 15 is 0 Å². The van der Waals surface area contributed by atoms with E-state index in [1.165, 1.54) is 0 Å². The molecular formula is C29H27ClN2O3. The second kappa shape index (κ2) is 11.5. The largest absolute Gasteiger partial charge is 0.483 e. The first kappa shape index (κ1) is 24.3. The van der Waals surface area contributed by atoms with E-state index in [-0.39, 0.29) is 25.0 Å². The van der Waals surface area contributed by atoms with Gasteiger partial charge >= 0.3 is 0 Å². The molecule has 0 radical (unpaired) electrons. The van der Waals surface area contributed by atoms with Crippen molar-refractivity contribution in [2.24, 2.45) is 0 Å². The van der Waals surface area contributed by atoms with E-state index in [1.54, 1.807) is 24.1 Å². The molecule has 1 atom stereocenters. The summed E-state index contributed by atoms with van der Waals surface area (Å²) in [5.41, 5.74) is 1.79. The van der Waals surface area contributed by atoms with Gasteiger partial charge in [0.05, 0.1) is 0 Å². The molecule has 0 unspecified atom stereocenters. The van der Waals surface area contributed by atoms with Gasteiger partial charge in [-0.15, -0.1) is 0 Å². The van der Waals surface area contributed by atoms with Crippen LogP contribution in [0.5, 0.6) is 5.75 Å². The SMILES string of the molecule is CNC(=O)[C@@H](Cc1ccccc1)N(Cc1cccc(Cl)c1)C(=O)COc1cccc2ccccc12. The van der Waals surface area contributed by atoms with E-state index in [4.69, 9.17) is 16.3 Å². The first-order valence-electron chi connectivity index (χ1n) is 11.4. The number of likely N-dealkylation sites (N-methyl/N-ethyl adjacent to an activating group) is 1. The first-order chi connectivity index (χ1) is 17.0. The molecule has 4 aromatic rings. The molecule has 0 saturated heterocycles. The number of rotatable bonds is 9. The van der Waals surface area contributed by atoms with Crippen LogP contribution in [-0.2, 0) is 22.6 Å². The van der Waals surface area contributed by atoms with Crippen molar-refractivity contribution in [2.45, 2.75) is 19.0 Å². The summed E-state index contributed by atoms with van der Waals surface area (Å²) in [6, 6.07) is 29.8. The van der Waals surface area contributed by atoms with Crippen molar-refractivity contribution in [3.63, 3.8) is 0 Å². The molecule has 0 aliphatic carbocycles. The molecule has 0 bridgehead atoms. The van der Waals surface area contributed by atoms with Crippen molar-refractivity contribution in [2.75, 3.05) is 13.7 Å². The summed E-state index contributed by atoms with van der Waals surface area (Å²) in [5, 5.41) is 5.24. The van der Waals surface area contributed by atoms with Gasteiger partial charge in [0.15, 0.2) is 6.61 Å². The number of halogens is 1. The lowest BCUT2D eigenvalue weighted by atomic mass is 10.0. The predicted octanol–water partition coefficient (Wildman–Crippen LogP) is 5.26. The van der Waals surface area contributed by atoms with Crippen LogP contribution in [0.3, 0.4) is 0 Å². The highest BCUT2D eigenvalue weighted by Gasteiger charge is 2.30. The third-order valence-corrected chi connectivity index (χ3v) is 6.10. The standard InChI is InChI=1S/C29H27ClN2O3/c1-31-29(34)26(18-21-9-3-2-4-10-21)32(19-22-11-7-14-24(30)17-22)28(33)20-35-27-16-8-13-23-12-5-6-15-25(23)27/h2-17,26H,18-20H2,1H3,(H,31,34)/t26-/m1/s1. The van der Waals surface area contributed by atoms with Gasteiger partial charge in [0.2, 0.25) is 5.91 Å². The maximum Gasteiger partial charge on any atom is 0.261 e. The summed E-state index contributed by atoms with van der Waals surface area (Å²) in [4.78, 5) is 28.2. The molecule has 0 spiro atoms. The molecule has 0 aliphatic rings. The Morgan fingerprint density at radius 1 is 0.886 bits per heavy atom. The zero-order valence-corrected chi connectivity index (χ0v) is 20.2. The van der Waals surface area contributed by atoms with Crippen molar-refractivity contribution in [3.8, 4) is 5.75 Å². The fraction of sp³-hybridized carbons (Fsp3) is 0.172. The number of amides is 2. The maximum absolute atomic E-state index is 13.6. The molecule has 4 aromatic carbocycles. The lowest BCUT2D eigenvalue weighted by Gasteiger charge is -2.31. The highest BCUT2D eigenvalue weighted by atomic mass is 35.5. The van der Waals surface area contributed by atoms with Crippen LogP contribution in [0.1, 0.15) is 11.1 Å². The number of fused-ring (bicyclic) bond motifs is 1. The van der Waals surface area contributed by atoms with Crippen LogP contribution in [0.4, 0.5) is 0 Å². The van der Waals surface area contributed by atoms with Crippen LogP contribution in [0.15, 0.2) is 97.1 Å². The van der Waals surface area contributed by atoms with Crippen LogP contribution in [0.2, 0.25) is 5.02 Å². The maximum atomic E-state index is 13.6. The molecule has 0 fully saturated rings. The molecule has 0 saturated carbocycles. The molecule has 5 nitrogen and oxygen atoms in total. The number of hydrogen-bond donors (Lipinski definition) is 1. The molecule has 0 aliphatic heterocycles. The van der Waals surface area contributed by atoms with Crippen molar-refractivity contribution in [1.29, 1.82) is 0 Å². The van der Waals surface area contributed by atoms with Crippen molar-refractivity contribution >= 4 is 34.2 Å². The third kappa shape index (κ3) is 6.19. The Morgan fingerprint density at radius 3 is 2.34 bits per heavy atom. The first-order valence-corrected chi connectivity index (χ1v) is 11.8. The Morgan fingerprint density at radius 2 is 1.57 bits per heavy atom. The van der Waals surface area contributed by atoms with Gasteiger partial charge in [-0.3, -0.25) is 9.59 Å². The zero-order valence-electron chi connectivity index (χ0n) is 19.5. The third-order valence-electron chi connectivity index (χ3n) is 5.86. The smallest absolute Gasteiger partial charge is 0.261 e. The molecule has 0 aromatic heterocycles. The predicted molar refractivity (Wildman–Crippen MR) is 139 cm³/mol. The Kier molecular flexibility index (Phi) is 8.01. The molecular weight excluding hydrogens is 460 g/mol. The van der Waals surface area contributed by atoms with E-state index in [0.29, 0.717) is 17.2 Å². The lowest BCUT2D eigenvalue weighted by Crippen LogP contribution is -2.51. The Bertz CT molecular complexity index is 1300. The van der Waals surface area contributed by atoms with Gasteiger partial charge < -0.3 is 15.0 Å². The molecule has 0 heterocycles. The van der Waals surface area contributed by atoms with Gasteiger partial charge in [0.1, 0.15) is 11.8 Å². The summed E-state index contributed by atoms with van der Waals surface area (Å²) in [7, 11) is 1.58. The molecule has 6 heteroatoms. The van der Waals surface area contributed by atoms with E-state index in [0.717, 1.165) is 21.9 Å². The van der Waals surface area contributed by atoms with Gasteiger partial charge in [-0.25, -0.2) is 0 Å². The van der Waals surface area contributed by atoms with Gasteiger partial charge in [-0.2, -0.15) is 0 Å². The number of benzene rings is 4. The number of ether oxygens (including phenoxy) is 1. The fourth-order valence-electron chi connectivity index (χ4n) is 4.10. The van der Waals surface area contributed by atoms with Crippen LogP contribution >= 0.6 is 11.6 Å². The van der Waals surface area contributed by atoms with Crippen LogP contribution < -0.4 is 10.1 Å². The normalized spacial score (nSPS) is 11.6. The highest BCUT2D eigenvalue weighted by molar-refractivity contribution is 6.30. The summed E-state index contributed by atoms with van der Waals surface area (Å²) >= 11 is 6.20. The molecule has 1 N–H and O–H groups in total. The number of carbonyl (C=O) groups excluding carboxylic acids is 2. The monoisotopic (exact) mass is 486 g/mol. The second-order valence-corrected chi connectivity index (χ2v) is 8.67. The van der Waals surface area contributed by atoms with Crippen LogP contribution in [0.25, 0.3) is 10.8 Å². The average molecular weight is 487 g/mol. The van der Waals surface area contributed by atoms with Crippen molar-refractivity contribution < 1.29 is 14.3 Å². The minimum absolute atomic E-state index is 0.198.